The van der Waals surface area contributed by atoms with Crippen molar-refractivity contribution < 1.29 is 4.52 Å². The van der Waals surface area contributed by atoms with Gasteiger partial charge in [-0.3, -0.25) is 4.90 Å². The van der Waals surface area contributed by atoms with Gasteiger partial charge in [0.25, 0.3) is 0 Å². The van der Waals surface area contributed by atoms with Gasteiger partial charge in [-0.1, -0.05) is 11.6 Å². The third-order valence-corrected chi connectivity index (χ3v) is 4.46. The molecule has 108 valence electrons. The maximum Gasteiger partial charge on any atom is 0.241 e. The smallest absolute Gasteiger partial charge is 0.241 e. The average molecular weight is 292 g/mol. The van der Waals surface area contributed by atoms with E-state index >= 15 is 0 Å². The molecule has 1 fully saturated rings. The van der Waals surface area contributed by atoms with Gasteiger partial charge in [-0.05, 0) is 37.9 Å². The highest BCUT2D eigenvalue weighted by Crippen LogP contribution is 2.21. The van der Waals surface area contributed by atoms with E-state index in [9.17, 15) is 0 Å². The number of likely N-dealkylation sites (tertiary alicyclic amines) is 1. The van der Waals surface area contributed by atoms with Gasteiger partial charge in [-0.2, -0.15) is 16.3 Å². The summed E-state index contributed by atoms with van der Waals surface area (Å²) in [6.45, 7) is 2.89. The van der Waals surface area contributed by atoms with E-state index in [4.69, 9.17) is 4.52 Å². The van der Waals surface area contributed by atoms with E-state index in [1.54, 1.807) is 11.3 Å². The van der Waals surface area contributed by atoms with Crippen molar-refractivity contribution in [2.45, 2.75) is 31.8 Å². The fourth-order valence-electron chi connectivity index (χ4n) is 2.74. The van der Waals surface area contributed by atoms with Crippen LogP contribution < -0.4 is 5.32 Å². The number of aromatic nitrogens is 2. The van der Waals surface area contributed by atoms with Crippen molar-refractivity contribution in [1.82, 2.24) is 20.4 Å². The van der Waals surface area contributed by atoms with Crippen LogP contribution in [0.25, 0.3) is 11.4 Å². The van der Waals surface area contributed by atoms with E-state index in [-0.39, 0.29) is 0 Å². The van der Waals surface area contributed by atoms with Crippen molar-refractivity contribution in [3.05, 3.63) is 22.7 Å². The zero-order valence-electron chi connectivity index (χ0n) is 11.7. The van der Waals surface area contributed by atoms with Crippen LogP contribution in [0.15, 0.2) is 21.3 Å². The molecule has 6 heteroatoms. The first-order chi connectivity index (χ1) is 9.86. The Balaban J connectivity index is 1.67. The molecular weight excluding hydrogens is 272 g/mol. The molecule has 0 amide bonds. The average Bonchev–Trinajstić information content (AvgIpc) is 3.12. The molecule has 20 heavy (non-hydrogen) atoms. The van der Waals surface area contributed by atoms with Crippen LogP contribution >= 0.6 is 11.3 Å². The summed E-state index contributed by atoms with van der Waals surface area (Å²) in [4.78, 5) is 6.96. The summed E-state index contributed by atoms with van der Waals surface area (Å²) >= 11 is 1.65. The van der Waals surface area contributed by atoms with Gasteiger partial charge in [-0.15, -0.1) is 0 Å². The van der Waals surface area contributed by atoms with Crippen LogP contribution in [0.4, 0.5) is 0 Å². The Morgan fingerprint density at radius 2 is 2.45 bits per heavy atom. The zero-order valence-corrected chi connectivity index (χ0v) is 12.5. The van der Waals surface area contributed by atoms with Crippen LogP contribution in [0.3, 0.4) is 0 Å². The molecule has 3 rings (SSSR count). The SMILES string of the molecule is CNCC1CCCCN1Cc1nc(-c2ccsc2)no1. The molecule has 1 aliphatic rings. The van der Waals surface area contributed by atoms with Crippen LogP contribution in [0.1, 0.15) is 25.2 Å². The molecule has 2 aromatic heterocycles. The van der Waals surface area contributed by atoms with Crippen LogP contribution in [-0.4, -0.2) is 41.2 Å². The van der Waals surface area contributed by atoms with Gasteiger partial charge in [-0.25, -0.2) is 0 Å². The van der Waals surface area contributed by atoms with Crippen molar-refractivity contribution in [2.24, 2.45) is 0 Å². The molecule has 1 atom stereocenters. The summed E-state index contributed by atoms with van der Waals surface area (Å²) in [6.07, 6.45) is 3.81. The summed E-state index contributed by atoms with van der Waals surface area (Å²) in [5.41, 5.74) is 1.04. The van der Waals surface area contributed by atoms with Gasteiger partial charge in [0.05, 0.1) is 6.54 Å². The molecule has 0 aromatic carbocycles. The molecule has 1 saturated heterocycles. The highest BCUT2D eigenvalue weighted by molar-refractivity contribution is 7.08. The lowest BCUT2D eigenvalue weighted by molar-refractivity contribution is 0.123. The number of hydrogen-bond acceptors (Lipinski definition) is 6. The topological polar surface area (TPSA) is 54.2 Å². The molecular formula is C14H20N4OS. The predicted octanol–water partition coefficient (Wildman–Crippen LogP) is 2.37. The van der Waals surface area contributed by atoms with Crippen molar-refractivity contribution in [2.75, 3.05) is 20.1 Å². The number of rotatable bonds is 5. The minimum absolute atomic E-state index is 0.574. The first-order valence-corrected chi connectivity index (χ1v) is 8.05. The molecule has 1 unspecified atom stereocenters. The number of likely N-dealkylation sites (N-methyl/N-ethyl adjacent to an activating group) is 1. The molecule has 0 aliphatic carbocycles. The second-order valence-corrected chi connectivity index (χ2v) is 5.98. The number of hydrogen-bond donors (Lipinski definition) is 1. The Hall–Kier alpha value is -1.24. The van der Waals surface area contributed by atoms with Crippen molar-refractivity contribution in [3.63, 3.8) is 0 Å². The number of nitrogens with one attached hydrogen (secondary N) is 1. The molecule has 0 saturated carbocycles. The second kappa shape index (κ2) is 6.47. The summed E-state index contributed by atoms with van der Waals surface area (Å²) in [5, 5.41) is 11.4. The number of nitrogens with zero attached hydrogens (tertiary/aromatic N) is 3. The number of piperidine rings is 1. The molecule has 2 aromatic rings. The summed E-state index contributed by atoms with van der Waals surface area (Å²) in [5.74, 6) is 1.41. The van der Waals surface area contributed by atoms with Gasteiger partial charge in [0.15, 0.2) is 0 Å². The summed E-state index contributed by atoms with van der Waals surface area (Å²) in [7, 11) is 2.01. The Kier molecular flexibility index (Phi) is 4.44. The molecule has 3 heterocycles. The first kappa shape index (κ1) is 13.7. The van der Waals surface area contributed by atoms with Crippen LogP contribution in [0.2, 0.25) is 0 Å². The third kappa shape index (κ3) is 3.08. The monoisotopic (exact) mass is 292 g/mol. The normalized spacial score (nSPS) is 20.4. The lowest BCUT2D eigenvalue weighted by Crippen LogP contribution is -2.44. The minimum atomic E-state index is 0.574. The van der Waals surface area contributed by atoms with Crippen molar-refractivity contribution >= 4 is 11.3 Å². The predicted molar refractivity (Wildman–Crippen MR) is 79.6 cm³/mol. The quantitative estimate of drug-likeness (QED) is 0.917. The lowest BCUT2D eigenvalue weighted by Gasteiger charge is -2.34. The van der Waals surface area contributed by atoms with E-state index in [2.05, 4.69) is 20.4 Å². The van der Waals surface area contributed by atoms with E-state index in [1.807, 2.05) is 23.9 Å². The van der Waals surface area contributed by atoms with E-state index in [0.29, 0.717) is 17.8 Å². The Labute approximate surface area is 123 Å². The molecule has 0 spiro atoms. The lowest BCUT2D eigenvalue weighted by atomic mass is 10.0. The Bertz CT molecular complexity index is 523. The van der Waals surface area contributed by atoms with Gasteiger partial charge in [0, 0.05) is 23.5 Å². The molecule has 0 radical (unpaired) electrons. The Morgan fingerprint density at radius 3 is 3.25 bits per heavy atom. The highest BCUT2D eigenvalue weighted by atomic mass is 32.1. The molecule has 1 aliphatic heterocycles. The van der Waals surface area contributed by atoms with Crippen molar-refractivity contribution in [1.29, 1.82) is 0 Å². The standard InChI is InChI=1S/C14H20N4OS/c1-15-8-12-4-2-3-6-18(12)9-13-16-14(17-19-13)11-5-7-20-10-11/h5,7,10,12,15H,2-4,6,8-9H2,1H3. The fraction of sp³-hybridized carbons (Fsp3) is 0.571. The van der Waals surface area contributed by atoms with Gasteiger partial charge >= 0.3 is 0 Å². The third-order valence-electron chi connectivity index (χ3n) is 3.77. The highest BCUT2D eigenvalue weighted by Gasteiger charge is 2.23. The first-order valence-electron chi connectivity index (χ1n) is 7.10. The maximum absolute atomic E-state index is 5.40. The Morgan fingerprint density at radius 1 is 1.50 bits per heavy atom. The largest absolute Gasteiger partial charge is 0.338 e. The van der Waals surface area contributed by atoms with Crippen LogP contribution in [-0.2, 0) is 6.54 Å². The second-order valence-electron chi connectivity index (χ2n) is 5.20. The van der Waals surface area contributed by atoms with Crippen LogP contribution in [0.5, 0.6) is 0 Å². The summed E-state index contributed by atoms with van der Waals surface area (Å²) < 4.78 is 5.40. The summed E-state index contributed by atoms with van der Waals surface area (Å²) in [6, 6.07) is 2.59. The fourth-order valence-corrected chi connectivity index (χ4v) is 3.37. The van der Waals surface area contributed by atoms with Crippen LogP contribution in [0, 0.1) is 0 Å². The molecule has 5 nitrogen and oxygen atoms in total. The molecule has 0 bridgehead atoms. The van der Waals surface area contributed by atoms with E-state index in [0.717, 1.165) is 25.2 Å². The maximum atomic E-state index is 5.40. The van der Waals surface area contributed by atoms with E-state index < -0.39 is 0 Å². The van der Waals surface area contributed by atoms with Gasteiger partial charge in [0.2, 0.25) is 11.7 Å². The molecule has 1 N–H and O–H groups in total. The van der Waals surface area contributed by atoms with Gasteiger partial charge in [0.1, 0.15) is 0 Å². The zero-order chi connectivity index (χ0) is 13.8. The number of thiophene rings is 1. The minimum Gasteiger partial charge on any atom is -0.338 e. The van der Waals surface area contributed by atoms with Crippen molar-refractivity contribution in [3.8, 4) is 11.4 Å². The van der Waals surface area contributed by atoms with E-state index in [1.165, 1.54) is 19.3 Å². The van der Waals surface area contributed by atoms with Gasteiger partial charge < -0.3 is 9.84 Å².